The van der Waals surface area contributed by atoms with E-state index < -0.39 is 6.10 Å². The Hall–Kier alpha value is -2.37. The van der Waals surface area contributed by atoms with Gasteiger partial charge < -0.3 is 14.2 Å². The van der Waals surface area contributed by atoms with E-state index in [4.69, 9.17) is 14.2 Å². The molecule has 0 aromatic heterocycles. The number of ether oxygens (including phenoxy) is 3. The molecule has 1 unspecified atom stereocenters. The van der Waals surface area contributed by atoms with Gasteiger partial charge in [-0.25, -0.2) is 0 Å². The highest BCUT2D eigenvalue weighted by atomic mass is 16.6. The maximum absolute atomic E-state index is 12.8. The quantitative estimate of drug-likeness (QED) is 0.0261. The molecule has 0 rings (SSSR count). The van der Waals surface area contributed by atoms with Crippen LogP contribution in [-0.2, 0) is 28.6 Å². The zero-order valence-electron chi connectivity index (χ0n) is 48.5. The van der Waals surface area contributed by atoms with Crippen LogP contribution in [0.25, 0.3) is 0 Å². The van der Waals surface area contributed by atoms with Gasteiger partial charge in [0.25, 0.3) is 0 Å². The third kappa shape index (κ3) is 58.5. The fraction of sp³-hybridized carbons (Fsp3) is 0.864. The van der Waals surface area contributed by atoms with Crippen molar-refractivity contribution in [3.63, 3.8) is 0 Å². The standard InChI is InChI=1S/C66H122O6/c1-4-7-10-13-16-19-21-23-25-26-27-28-29-30-31-32-33-34-35-36-37-38-39-40-41-43-44-47-50-53-56-59-65(68)71-62-63(61-70-64(67)58-55-52-49-46-18-15-12-9-6-3)72-66(69)60-57-54-51-48-45-42-24-22-20-17-14-11-8-5-2/h21-24,26-27,63H,4-20,25,28-62H2,1-3H3/b23-21-,24-22-,27-26-. The summed E-state index contributed by atoms with van der Waals surface area (Å²) in [5.41, 5.74) is 0. The normalized spacial score (nSPS) is 12.2. The summed E-state index contributed by atoms with van der Waals surface area (Å²) in [6.07, 6.45) is 74.6. The van der Waals surface area contributed by atoms with Crippen molar-refractivity contribution >= 4 is 17.9 Å². The predicted octanol–water partition coefficient (Wildman–Crippen LogP) is 21.6. The second kappa shape index (κ2) is 61.2. The molecule has 0 radical (unpaired) electrons. The van der Waals surface area contributed by atoms with Gasteiger partial charge in [0, 0.05) is 19.3 Å². The molecule has 0 aliphatic heterocycles. The SMILES string of the molecule is CCCCCCC/C=C\C/C=C\CCCCCCCCCCCCCCCCCCCCCC(=O)OCC(COC(=O)CCCCCCCCCCC)OC(=O)CCCCCCC/C=C\CCCCCCC. The van der Waals surface area contributed by atoms with Gasteiger partial charge in [0.05, 0.1) is 0 Å². The van der Waals surface area contributed by atoms with Crippen LogP contribution in [0.1, 0.15) is 348 Å². The van der Waals surface area contributed by atoms with E-state index >= 15 is 0 Å². The summed E-state index contributed by atoms with van der Waals surface area (Å²) in [5.74, 6) is -0.862. The van der Waals surface area contributed by atoms with Crippen LogP contribution in [0.2, 0.25) is 0 Å². The van der Waals surface area contributed by atoms with E-state index in [1.165, 1.54) is 238 Å². The van der Waals surface area contributed by atoms with Crippen molar-refractivity contribution in [3.05, 3.63) is 36.5 Å². The van der Waals surface area contributed by atoms with Gasteiger partial charge in [0.15, 0.2) is 6.10 Å². The third-order valence-electron chi connectivity index (χ3n) is 14.4. The van der Waals surface area contributed by atoms with Crippen molar-refractivity contribution in [2.75, 3.05) is 13.2 Å². The molecule has 0 spiro atoms. The molecule has 6 heteroatoms. The van der Waals surface area contributed by atoms with Crippen molar-refractivity contribution in [3.8, 4) is 0 Å². The van der Waals surface area contributed by atoms with Crippen LogP contribution in [-0.4, -0.2) is 37.2 Å². The average molecular weight is 1010 g/mol. The van der Waals surface area contributed by atoms with Gasteiger partial charge in [-0.05, 0) is 77.0 Å². The number of esters is 3. The van der Waals surface area contributed by atoms with Crippen LogP contribution in [0.4, 0.5) is 0 Å². The highest BCUT2D eigenvalue weighted by Crippen LogP contribution is 2.17. The van der Waals surface area contributed by atoms with Crippen LogP contribution in [0.3, 0.4) is 0 Å². The monoisotopic (exact) mass is 1010 g/mol. The van der Waals surface area contributed by atoms with Crippen molar-refractivity contribution in [1.82, 2.24) is 0 Å². The van der Waals surface area contributed by atoms with Gasteiger partial charge in [-0.2, -0.15) is 0 Å². The Balaban J connectivity index is 4.03. The first-order valence-corrected chi connectivity index (χ1v) is 32.0. The molecule has 0 aliphatic carbocycles. The molecule has 0 aromatic carbocycles. The summed E-state index contributed by atoms with van der Waals surface area (Å²) < 4.78 is 16.8. The van der Waals surface area contributed by atoms with E-state index in [9.17, 15) is 14.4 Å². The van der Waals surface area contributed by atoms with Crippen molar-refractivity contribution in [2.24, 2.45) is 0 Å². The van der Waals surface area contributed by atoms with Gasteiger partial charge >= 0.3 is 17.9 Å². The van der Waals surface area contributed by atoms with E-state index in [2.05, 4.69) is 57.2 Å². The highest BCUT2D eigenvalue weighted by Gasteiger charge is 2.19. The first-order chi connectivity index (χ1) is 35.5. The Morgan fingerprint density at radius 1 is 0.278 bits per heavy atom. The number of carbonyl (C=O) groups excluding carboxylic acids is 3. The number of unbranched alkanes of at least 4 members (excludes halogenated alkanes) is 42. The fourth-order valence-corrected chi connectivity index (χ4v) is 9.53. The van der Waals surface area contributed by atoms with Gasteiger partial charge in [-0.3, -0.25) is 14.4 Å². The Morgan fingerprint density at radius 2 is 0.500 bits per heavy atom. The minimum absolute atomic E-state index is 0.0705. The van der Waals surface area contributed by atoms with E-state index in [0.717, 1.165) is 70.6 Å². The maximum Gasteiger partial charge on any atom is 0.306 e. The second-order valence-electron chi connectivity index (χ2n) is 21.7. The summed E-state index contributed by atoms with van der Waals surface area (Å²) in [6, 6.07) is 0. The molecule has 422 valence electrons. The number of carbonyl (C=O) groups is 3. The molecular weight excluding hydrogens is 889 g/mol. The maximum atomic E-state index is 12.8. The van der Waals surface area contributed by atoms with E-state index in [0.29, 0.717) is 19.3 Å². The lowest BCUT2D eigenvalue weighted by Crippen LogP contribution is -2.30. The lowest BCUT2D eigenvalue weighted by Gasteiger charge is -2.18. The Labute approximate surface area is 448 Å². The zero-order chi connectivity index (χ0) is 52.2. The van der Waals surface area contributed by atoms with Crippen LogP contribution < -0.4 is 0 Å². The number of allylic oxidation sites excluding steroid dienone is 6. The molecule has 0 bridgehead atoms. The van der Waals surface area contributed by atoms with Crippen LogP contribution in [0.15, 0.2) is 36.5 Å². The van der Waals surface area contributed by atoms with Gasteiger partial charge in [0.1, 0.15) is 13.2 Å². The molecule has 1 atom stereocenters. The largest absolute Gasteiger partial charge is 0.462 e. The third-order valence-corrected chi connectivity index (χ3v) is 14.4. The average Bonchev–Trinajstić information content (AvgIpc) is 3.38. The van der Waals surface area contributed by atoms with Gasteiger partial charge in [-0.1, -0.05) is 288 Å². The van der Waals surface area contributed by atoms with Crippen molar-refractivity contribution in [2.45, 2.75) is 354 Å². The molecule has 0 saturated carbocycles. The summed E-state index contributed by atoms with van der Waals surface area (Å²) in [7, 11) is 0. The Kier molecular flexibility index (Phi) is 59.2. The molecule has 0 saturated heterocycles. The number of rotatable bonds is 59. The number of hydrogen-bond donors (Lipinski definition) is 0. The fourth-order valence-electron chi connectivity index (χ4n) is 9.53. The van der Waals surface area contributed by atoms with E-state index in [-0.39, 0.29) is 31.1 Å². The van der Waals surface area contributed by atoms with Crippen molar-refractivity contribution in [1.29, 1.82) is 0 Å². The molecule has 0 aromatic rings. The predicted molar refractivity (Wildman–Crippen MR) is 312 cm³/mol. The van der Waals surface area contributed by atoms with Gasteiger partial charge in [-0.15, -0.1) is 0 Å². The lowest BCUT2D eigenvalue weighted by atomic mass is 10.0. The van der Waals surface area contributed by atoms with E-state index in [1.807, 2.05) is 0 Å². The molecule has 72 heavy (non-hydrogen) atoms. The summed E-state index contributed by atoms with van der Waals surface area (Å²) in [6.45, 7) is 6.64. The van der Waals surface area contributed by atoms with Crippen LogP contribution >= 0.6 is 0 Å². The highest BCUT2D eigenvalue weighted by molar-refractivity contribution is 5.71. The molecule has 6 nitrogen and oxygen atoms in total. The lowest BCUT2D eigenvalue weighted by molar-refractivity contribution is -0.167. The van der Waals surface area contributed by atoms with Crippen LogP contribution in [0.5, 0.6) is 0 Å². The molecule has 0 amide bonds. The molecule has 0 fully saturated rings. The Morgan fingerprint density at radius 3 is 0.778 bits per heavy atom. The van der Waals surface area contributed by atoms with E-state index in [1.54, 1.807) is 0 Å². The van der Waals surface area contributed by atoms with Crippen molar-refractivity contribution < 1.29 is 28.6 Å². The minimum Gasteiger partial charge on any atom is -0.462 e. The summed E-state index contributed by atoms with van der Waals surface area (Å²) >= 11 is 0. The Bertz CT molecular complexity index is 1210. The molecule has 0 N–H and O–H groups in total. The smallest absolute Gasteiger partial charge is 0.306 e. The number of hydrogen-bond acceptors (Lipinski definition) is 6. The first kappa shape index (κ1) is 69.6. The summed E-state index contributed by atoms with van der Waals surface area (Å²) in [5, 5.41) is 0. The molecular formula is C66H122O6. The molecule has 0 aliphatic rings. The van der Waals surface area contributed by atoms with Gasteiger partial charge in [0.2, 0.25) is 0 Å². The minimum atomic E-state index is -0.771. The zero-order valence-corrected chi connectivity index (χ0v) is 48.5. The second-order valence-corrected chi connectivity index (χ2v) is 21.7. The molecule has 0 heterocycles. The topological polar surface area (TPSA) is 78.9 Å². The summed E-state index contributed by atoms with van der Waals surface area (Å²) in [4.78, 5) is 38.1. The first-order valence-electron chi connectivity index (χ1n) is 32.0. The van der Waals surface area contributed by atoms with Crippen LogP contribution in [0, 0.1) is 0 Å².